The number of aliphatic hydroxyl groups is 1. The summed E-state index contributed by atoms with van der Waals surface area (Å²) in [5.74, 6) is -0.543. The molecule has 0 atom stereocenters. The maximum absolute atomic E-state index is 12.0. The molecule has 0 saturated carbocycles. The summed E-state index contributed by atoms with van der Waals surface area (Å²) in [4.78, 5) is 11.2. The van der Waals surface area contributed by atoms with Crippen molar-refractivity contribution < 1.29 is 23.5 Å². The molecule has 96 valence electrons. The number of hydrogen-bond acceptors (Lipinski definition) is 5. The molecule has 0 rings (SSSR count). The number of aliphatic hydroxyl groups excluding tert-OH is 1. The first-order chi connectivity index (χ1) is 7.58. The molecule has 0 spiro atoms. The molecule has 0 saturated heterocycles. The van der Waals surface area contributed by atoms with E-state index < -0.39 is 20.2 Å². The Bertz CT molecular complexity index is 234. The quantitative estimate of drug-likeness (QED) is 0.474. The number of carbonyl (C=O) groups excluding carboxylic acids is 1. The average molecular weight is 253 g/mol. The molecular formula is C9H20NO5P. The maximum Gasteiger partial charge on any atom is 0.340 e. The van der Waals surface area contributed by atoms with Crippen LogP contribution in [0.3, 0.4) is 0 Å². The van der Waals surface area contributed by atoms with Crippen LogP contribution < -0.4 is 5.32 Å². The van der Waals surface area contributed by atoms with E-state index in [2.05, 4.69) is 5.32 Å². The summed E-state index contributed by atoms with van der Waals surface area (Å²) in [6.07, 6.45) is 1.04. The Morgan fingerprint density at radius 1 is 1.25 bits per heavy atom. The van der Waals surface area contributed by atoms with E-state index in [1.165, 1.54) is 0 Å². The van der Waals surface area contributed by atoms with E-state index in [9.17, 15) is 9.36 Å². The van der Waals surface area contributed by atoms with Crippen LogP contribution in [-0.4, -0.2) is 37.1 Å². The van der Waals surface area contributed by atoms with Gasteiger partial charge in [0.05, 0.1) is 13.2 Å². The minimum absolute atomic E-state index is 0.285. The van der Waals surface area contributed by atoms with E-state index >= 15 is 0 Å². The lowest BCUT2D eigenvalue weighted by Crippen LogP contribution is -2.27. The van der Waals surface area contributed by atoms with Crippen LogP contribution in [0.5, 0.6) is 0 Å². The van der Waals surface area contributed by atoms with Gasteiger partial charge in [0.15, 0.2) is 0 Å². The molecule has 6 nitrogen and oxygen atoms in total. The van der Waals surface area contributed by atoms with Crippen molar-refractivity contribution in [2.45, 2.75) is 26.7 Å². The fourth-order valence-electron chi connectivity index (χ4n) is 0.909. The zero-order chi connectivity index (χ0) is 12.4. The van der Waals surface area contributed by atoms with Crippen LogP contribution in [-0.2, 0) is 18.4 Å². The topological polar surface area (TPSA) is 84.9 Å². The number of carbonyl (C=O) groups is 1. The van der Waals surface area contributed by atoms with E-state index in [1.807, 2.05) is 13.8 Å². The Morgan fingerprint density at radius 2 is 1.75 bits per heavy atom. The summed E-state index contributed by atoms with van der Waals surface area (Å²) in [5.41, 5.74) is 0. The molecule has 0 aliphatic rings. The second-order valence-electron chi connectivity index (χ2n) is 3.19. The summed E-state index contributed by atoms with van der Waals surface area (Å²) >= 11 is 0. The predicted octanol–water partition coefficient (Wildman–Crippen LogP) is 1.10. The molecule has 0 fully saturated rings. The van der Waals surface area contributed by atoms with Gasteiger partial charge in [0.2, 0.25) is 5.91 Å². The van der Waals surface area contributed by atoms with Crippen molar-refractivity contribution in [3.63, 3.8) is 0 Å². The molecule has 0 aliphatic carbocycles. The van der Waals surface area contributed by atoms with Crippen LogP contribution in [0.4, 0.5) is 0 Å². The highest BCUT2D eigenvalue weighted by Gasteiger charge is 2.27. The molecule has 0 heterocycles. The lowest BCUT2D eigenvalue weighted by Gasteiger charge is -2.17. The monoisotopic (exact) mass is 253 g/mol. The number of nitrogens with one attached hydrogen (secondary N) is 1. The molecule has 0 bridgehead atoms. The molecule has 16 heavy (non-hydrogen) atoms. The smallest absolute Gasteiger partial charge is 0.340 e. The van der Waals surface area contributed by atoms with Gasteiger partial charge in [-0.25, -0.2) is 0 Å². The summed E-state index contributed by atoms with van der Waals surface area (Å²) in [6, 6.07) is 0. The van der Waals surface area contributed by atoms with Crippen LogP contribution in [0.2, 0.25) is 0 Å². The van der Waals surface area contributed by atoms with Gasteiger partial charge in [-0.2, -0.15) is 0 Å². The van der Waals surface area contributed by atoms with Crippen molar-refractivity contribution in [1.82, 2.24) is 5.32 Å². The van der Waals surface area contributed by atoms with Crippen molar-refractivity contribution in [2.24, 2.45) is 0 Å². The van der Waals surface area contributed by atoms with Crippen molar-refractivity contribution >= 4 is 13.5 Å². The minimum Gasteiger partial charge on any atom is -0.377 e. The molecule has 2 N–H and O–H groups in total. The van der Waals surface area contributed by atoms with Crippen LogP contribution in [0.1, 0.15) is 26.7 Å². The standard InChI is InChI=1S/C9H20NO5P/c1-3-5-14-16(13,15-6-4-2)7-9(12)10-8-11/h11H,3-8H2,1-2H3,(H,10,12). The highest BCUT2D eigenvalue weighted by Crippen LogP contribution is 2.47. The number of amides is 1. The molecule has 0 unspecified atom stereocenters. The average Bonchev–Trinajstić information content (AvgIpc) is 2.24. The summed E-state index contributed by atoms with van der Waals surface area (Å²) < 4.78 is 22.2. The maximum atomic E-state index is 12.0. The largest absolute Gasteiger partial charge is 0.377 e. The SMILES string of the molecule is CCCOP(=O)(CC(=O)NCO)OCCC. The van der Waals surface area contributed by atoms with Gasteiger partial charge in [-0.3, -0.25) is 9.36 Å². The zero-order valence-corrected chi connectivity index (χ0v) is 10.7. The molecule has 0 aromatic rings. The van der Waals surface area contributed by atoms with E-state index in [4.69, 9.17) is 14.2 Å². The fraction of sp³-hybridized carbons (Fsp3) is 0.889. The lowest BCUT2D eigenvalue weighted by atomic mass is 10.5. The van der Waals surface area contributed by atoms with E-state index in [0.29, 0.717) is 12.8 Å². The van der Waals surface area contributed by atoms with E-state index in [1.54, 1.807) is 0 Å². The van der Waals surface area contributed by atoms with Crippen LogP contribution >= 0.6 is 7.60 Å². The highest BCUT2D eigenvalue weighted by atomic mass is 31.2. The molecule has 0 aromatic heterocycles. The number of hydrogen-bond donors (Lipinski definition) is 2. The van der Waals surface area contributed by atoms with Crippen LogP contribution in [0, 0.1) is 0 Å². The van der Waals surface area contributed by atoms with Gasteiger partial charge in [0.1, 0.15) is 12.9 Å². The summed E-state index contributed by atoms with van der Waals surface area (Å²) in [7, 11) is -3.36. The molecule has 1 amide bonds. The van der Waals surface area contributed by atoms with Gasteiger partial charge in [-0.1, -0.05) is 13.8 Å². The first kappa shape index (κ1) is 15.6. The van der Waals surface area contributed by atoms with Crippen molar-refractivity contribution in [3.8, 4) is 0 Å². The van der Waals surface area contributed by atoms with Crippen molar-refractivity contribution in [2.75, 3.05) is 26.1 Å². The summed E-state index contributed by atoms with van der Waals surface area (Å²) in [6.45, 7) is 3.83. The normalized spacial score (nSPS) is 11.4. The van der Waals surface area contributed by atoms with Gasteiger partial charge in [0.25, 0.3) is 0 Å². The Hall–Kier alpha value is -0.420. The Kier molecular flexibility index (Phi) is 8.47. The van der Waals surface area contributed by atoms with Crippen molar-refractivity contribution in [1.29, 1.82) is 0 Å². The molecule has 0 aromatic carbocycles. The third-order valence-electron chi connectivity index (χ3n) is 1.60. The summed E-state index contributed by atoms with van der Waals surface area (Å²) in [5, 5.41) is 10.6. The Balaban J connectivity index is 4.28. The Labute approximate surface area is 95.9 Å². The van der Waals surface area contributed by atoms with Crippen LogP contribution in [0.25, 0.3) is 0 Å². The highest BCUT2D eigenvalue weighted by molar-refractivity contribution is 7.54. The minimum atomic E-state index is -3.36. The van der Waals surface area contributed by atoms with Gasteiger partial charge in [-0.05, 0) is 12.8 Å². The second kappa shape index (κ2) is 8.70. The number of rotatable bonds is 9. The van der Waals surface area contributed by atoms with Gasteiger partial charge >= 0.3 is 7.60 Å². The Morgan fingerprint density at radius 3 is 2.12 bits per heavy atom. The van der Waals surface area contributed by atoms with E-state index in [-0.39, 0.29) is 19.4 Å². The third kappa shape index (κ3) is 6.95. The molecule has 0 radical (unpaired) electrons. The first-order valence-electron chi connectivity index (χ1n) is 5.33. The van der Waals surface area contributed by atoms with E-state index in [0.717, 1.165) is 0 Å². The molecule has 0 aliphatic heterocycles. The fourth-order valence-corrected chi connectivity index (χ4v) is 2.55. The third-order valence-corrected chi connectivity index (χ3v) is 3.42. The van der Waals surface area contributed by atoms with Crippen molar-refractivity contribution in [3.05, 3.63) is 0 Å². The molecule has 7 heteroatoms. The molecular weight excluding hydrogens is 233 g/mol. The zero-order valence-electron chi connectivity index (χ0n) is 9.77. The lowest BCUT2D eigenvalue weighted by molar-refractivity contribution is -0.120. The second-order valence-corrected chi connectivity index (χ2v) is 5.25. The van der Waals surface area contributed by atoms with Gasteiger partial charge in [0, 0.05) is 0 Å². The predicted molar refractivity (Wildman–Crippen MR) is 60.2 cm³/mol. The van der Waals surface area contributed by atoms with Gasteiger partial charge < -0.3 is 19.5 Å². The van der Waals surface area contributed by atoms with Gasteiger partial charge in [-0.15, -0.1) is 0 Å². The first-order valence-corrected chi connectivity index (χ1v) is 7.06. The van der Waals surface area contributed by atoms with Crippen LogP contribution in [0.15, 0.2) is 0 Å².